The number of H-pyrrole nitrogens is 1. The van der Waals surface area contributed by atoms with Gasteiger partial charge < -0.3 is 11.1 Å². The average Bonchev–Trinajstić information content (AvgIpc) is 3.24. The molecule has 1 heterocycles. The fourth-order valence-corrected chi connectivity index (χ4v) is 2.57. The second kappa shape index (κ2) is 4.30. The topological polar surface area (TPSA) is 83.8 Å². The Morgan fingerprint density at radius 3 is 3.00 bits per heavy atom. The highest BCUT2D eigenvalue weighted by molar-refractivity contribution is 5.98. The van der Waals surface area contributed by atoms with Crippen molar-refractivity contribution in [3.63, 3.8) is 0 Å². The molecule has 0 bridgehead atoms. The van der Waals surface area contributed by atoms with E-state index in [1.807, 2.05) is 0 Å². The second-order valence-corrected chi connectivity index (χ2v) is 5.54. The number of hydrogen-bond donors (Lipinski definition) is 3. The SMILES string of the molecule is CCCC1CC1NC(=O)c1n[nH]c(C2CC2)c1N. The number of amides is 1. The maximum Gasteiger partial charge on any atom is 0.274 e. The zero-order valence-corrected chi connectivity index (χ0v) is 10.7. The van der Waals surface area contributed by atoms with Crippen LogP contribution in [-0.2, 0) is 0 Å². The van der Waals surface area contributed by atoms with Crippen molar-refractivity contribution in [3.8, 4) is 0 Å². The van der Waals surface area contributed by atoms with Crippen molar-refractivity contribution in [1.82, 2.24) is 15.5 Å². The molecule has 0 radical (unpaired) electrons. The molecule has 5 heteroatoms. The average molecular weight is 248 g/mol. The standard InChI is InChI=1S/C13H20N4O/c1-2-3-8-6-9(8)15-13(18)12-10(14)11(16-17-12)7-4-5-7/h7-9H,2-6,14H2,1H3,(H,15,18)(H,16,17). The minimum absolute atomic E-state index is 0.126. The van der Waals surface area contributed by atoms with E-state index in [1.54, 1.807) is 0 Å². The minimum Gasteiger partial charge on any atom is -0.395 e. The van der Waals surface area contributed by atoms with Gasteiger partial charge in [-0.2, -0.15) is 5.10 Å². The summed E-state index contributed by atoms with van der Waals surface area (Å²) in [5.41, 5.74) is 7.84. The highest BCUT2D eigenvalue weighted by Gasteiger charge is 2.38. The number of anilines is 1. The molecule has 2 atom stereocenters. The third-order valence-electron chi connectivity index (χ3n) is 3.93. The Morgan fingerprint density at radius 2 is 2.33 bits per heavy atom. The van der Waals surface area contributed by atoms with Gasteiger partial charge in [-0.3, -0.25) is 9.89 Å². The van der Waals surface area contributed by atoms with Gasteiger partial charge in [-0.25, -0.2) is 0 Å². The fourth-order valence-electron chi connectivity index (χ4n) is 2.57. The van der Waals surface area contributed by atoms with Crippen molar-refractivity contribution < 1.29 is 4.79 Å². The molecular formula is C13H20N4O. The molecule has 2 aliphatic rings. The van der Waals surface area contributed by atoms with E-state index in [4.69, 9.17) is 5.73 Å². The van der Waals surface area contributed by atoms with E-state index in [9.17, 15) is 4.79 Å². The van der Waals surface area contributed by atoms with Crippen LogP contribution in [0.4, 0.5) is 5.69 Å². The summed E-state index contributed by atoms with van der Waals surface area (Å²) in [6.07, 6.45) is 5.75. The van der Waals surface area contributed by atoms with Crippen LogP contribution in [0.1, 0.15) is 61.1 Å². The van der Waals surface area contributed by atoms with E-state index in [0.717, 1.165) is 25.0 Å². The number of nitrogens with two attached hydrogens (primary N) is 1. The number of nitrogens with one attached hydrogen (secondary N) is 2. The van der Waals surface area contributed by atoms with E-state index in [2.05, 4.69) is 22.4 Å². The van der Waals surface area contributed by atoms with Crippen LogP contribution in [0, 0.1) is 5.92 Å². The molecular weight excluding hydrogens is 228 g/mol. The minimum atomic E-state index is -0.126. The normalized spacial score (nSPS) is 26.1. The molecule has 4 N–H and O–H groups in total. The Balaban J connectivity index is 1.62. The number of nitrogen functional groups attached to an aromatic ring is 1. The predicted molar refractivity (Wildman–Crippen MR) is 69.2 cm³/mol. The van der Waals surface area contributed by atoms with Crippen LogP contribution in [0.15, 0.2) is 0 Å². The quantitative estimate of drug-likeness (QED) is 0.742. The summed E-state index contributed by atoms with van der Waals surface area (Å²) >= 11 is 0. The van der Waals surface area contributed by atoms with Crippen LogP contribution >= 0.6 is 0 Å². The number of carbonyl (C=O) groups excluding carboxylic acids is 1. The second-order valence-electron chi connectivity index (χ2n) is 5.54. The first-order valence-electron chi connectivity index (χ1n) is 6.85. The number of aromatic amines is 1. The van der Waals surface area contributed by atoms with Crippen LogP contribution in [-0.4, -0.2) is 22.1 Å². The van der Waals surface area contributed by atoms with Gasteiger partial charge in [0.15, 0.2) is 5.69 Å². The van der Waals surface area contributed by atoms with Crippen LogP contribution in [0.25, 0.3) is 0 Å². The van der Waals surface area contributed by atoms with Crippen LogP contribution in [0.5, 0.6) is 0 Å². The first-order valence-corrected chi connectivity index (χ1v) is 6.85. The van der Waals surface area contributed by atoms with Gasteiger partial charge in [0.25, 0.3) is 5.91 Å². The molecule has 0 saturated heterocycles. The molecule has 98 valence electrons. The Labute approximate surface area is 107 Å². The van der Waals surface area contributed by atoms with E-state index in [0.29, 0.717) is 29.3 Å². The third-order valence-corrected chi connectivity index (χ3v) is 3.93. The van der Waals surface area contributed by atoms with Gasteiger partial charge in [-0.05, 0) is 31.6 Å². The van der Waals surface area contributed by atoms with Crippen molar-refractivity contribution in [3.05, 3.63) is 11.4 Å². The molecule has 2 unspecified atom stereocenters. The van der Waals surface area contributed by atoms with Gasteiger partial charge in [0.05, 0.1) is 11.4 Å². The number of aromatic nitrogens is 2. The molecule has 1 amide bonds. The maximum atomic E-state index is 12.0. The highest BCUT2D eigenvalue weighted by atomic mass is 16.2. The first kappa shape index (κ1) is 11.6. The summed E-state index contributed by atoms with van der Waals surface area (Å²) in [7, 11) is 0. The van der Waals surface area contributed by atoms with Crippen LogP contribution in [0.3, 0.4) is 0 Å². The largest absolute Gasteiger partial charge is 0.395 e. The lowest BCUT2D eigenvalue weighted by Gasteiger charge is -2.03. The van der Waals surface area contributed by atoms with Gasteiger partial charge in [0.1, 0.15) is 0 Å². The Bertz CT molecular complexity index is 464. The third kappa shape index (κ3) is 2.09. The smallest absolute Gasteiger partial charge is 0.274 e. The summed E-state index contributed by atoms with van der Waals surface area (Å²) in [4.78, 5) is 12.0. The lowest BCUT2D eigenvalue weighted by atomic mass is 10.2. The molecule has 0 spiro atoms. The number of hydrogen-bond acceptors (Lipinski definition) is 3. The van der Waals surface area contributed by atoms with Gasteiger partial charge in [0, 0.05) is 12.0 Å². The summed E-state index contributed by atoms with van der Waals surface area (Å²) in [6.45, 7) is 2.17. The molecule has 2 fully saturated rings. The molecule has 0 aliphatic heterocycles. The molecule has 2 saturated carbocycles. The predicted octanol–water partition coefficient (Wildman–Crippen LogP) is 1.79. The monoisotopic (exact) mass is 248 g/mol. The van der Waals surface area contributed by atoms with Crippen LogP contribution in [0.2, 0.25) is 0 Å². The Morgan fingerprint density at radius 1 is 1.56 bits per heavy atom. The lowest BCUT2D eigenvalue weighted by molar-refractivity contribution is 0.0944. The van der Waals surface area contributed by atoms with Crippen molar-refractivity contribution in [2.45, 2.75) is 51.0 Å². The van der Waals surface area contributed by atoms with E-state index < -0.39 is 0 Å². The number of nitrogens with zero attached hydrogens (tertiary/aromatic N) is 1. The maximum absolute atomic E-state index is 12.0. The highest BCUT2D eigenvalue weighted by Crippen LogP contribution is 2.42. The number of carbonyl (C=O) groups is 1. The fraction of sp³-hybridized carbons (Fsp3) is 0.692. The molecule has 18 heavy (non-hydrogen) atoms. The van der Waals surface area contributed by atoms with Gasteiger partial charge >= 0.3 is 0 Å². The summed E-state index contributed by atoms with van der Waals surface area (Å²) < 4.78 is 0. The van der Waals surface area contributed by atoms with Crippen molar-refractivity contribution in [2.75, 3.05) is 5.73 Å². The van der Waals surface area contributed by atoms with Gasteiger partial charge in [-0.15, -0.1) is 0 Å². The summed E-state index contributed by atoms with van der Waals surface area (Å²) in [6, 6.07) is 0.331. The molecule has 0 aromatic carbocycles. The first-order chi connectivity index (χ1) is 8.70. The Hall–Kier alpha value is -1.52. The van der Waals surface area contributed by atoms with Crippen molar-refractivity contribution in [2.24, 2.45) is 5.92 Å². The molecule has 2 aliphatic carbocycles. The van der Waals surface area contributed by atoms with Crippen LogP contribution < -0.4 is 11.1 Å². The lowest BCUT2D eigenvalue weighted by Crippen LogP contribution is -2.27. The van der Waals surface area contributed by atoms with E-state index >= 15 is 0 Å². The summed E-state index contributed by atoms with van der Waals surface area (Å²) in [5, 5.41) is 9.99. The summed E-state index contributed by atoms with van der Waals surface area (Å²) in [5.74, 6) is 1.02. The zero-order valence-electron chi connectivity index (χ0n) is 10.7. The zero-order chi connectivity index (χ0) is 12.7. The van der Waals surface area contributed by atoms with E-state index in [-0.39, 0.29) is 5.91 Å². The molecule has 1 aromatic heterocycles. The Kier molecular flexibility index (Phi) is 2.76. The van der Waals surface area contributed by atoms with Crippen molar-refractivity contribution in [1.29, 1.82) is 0 Å². The van der Waals surface area contributed by atoms with Crippen molar-refractivity contribution >= 4 is 11.6 Å². The molecule has 3 rings (SSSR count). The van der Waals surface area contributed by atoms with Gasteiger partial charge in [0.2, 0.25) is 0 Å². The molecule has 5 nitrogen and oxygen atoms in total. The number of rotatable bonds is 5. The van der Waals surface area contributed by atoms with Gasteiger partial charge in [-0.1, -0.05) is 13.3 Å². The molecule has 1 aromatic rings. The van der Waals surface area contributed by atoms with E-state index in [1.165, 1.54) is 12.8 Å².